The molecule has 0 radical (unpaired) electrons. The van der Waals surface area contributed by atoms with E-state index in [1.165, 1.54) is 11.8 Å². The Labute approximate surface area is 152 Å². The lowest BCUT2D eigenvalue weighted by molar-refractivity contribution is -0.114. The molecule has 0 aliphatic carbocycles. The summed E-state index contributed by atoms with van der Waals surface area (Å²) in [5, 5.41) is 2.74. The molecule has 0 fully saturated rings. The smallest absolute Gasteiger partial charge is 0.259 e. The van der Waals surface area contributed by atoms with Crippen LogP contribution in [-0.2, 0) is 15.1 Å². The van der Waals surface area contributed by atoms with Gasteiger partial charge in [-0.1, -0.05) is 30.8 Å². The molecule has 0 unspecified atom stereocenters. The van der Waals surface area contributed by atoms with Crippen LogP contribution in [-0.4, -0.2) is 23.0 Å². The standard InChI is InChI=1S/C21H20N2O3/c1-13(12-24)23-20(26)18-7-5-6-17(19(18)21(23,3)4)15-8-10-16(11-9-15)22-14(2)25/h5-12H,1H2,2-4H3,(H,22,25). The van der Waals surface area contributed by atoms with Gasteiger partial charge in [-0.2, -0.15) is 0 Å². The molecule has 2 amide bonds. The summed E-state index contributed by atoms with van der Waals surface area (Å²) in [5.41, 5.74) is 3.42. The van der Waals surface area contributed by atoms with E-state index in [4.69, 9.17) is 0 Å². The van der Waals surface area contributed by atoms with E-state index in [-0.39, 0.29) is 17.5 Å². The van der Waals surface area contributed by atoms with Gasteiger partial charge in [-0.25, -0.2) is 0 Å². The highest BCUT2D eigenvalue weighted by atomic mass is 16.2. The van der Waals surface area contributed by atoms with Crippen LogP contribution in [0.5, 0.6) is 0 Å². The fraction of sp³-hybridized carbons (Fsp3) is 0.190. The summed E-state index contributed by atoms with van der Waals surface area (Å²) in [6.45, 7) is 8.99. The van der Waals surface area contributed by atoms with Crippen molar-refractivity contribution in [3.63, 3.8) is 0 Å². The van der Waals surface area contributed by atoms with Crippen LogP contribution in [0.25, 0.3) is 11.1 Å². The van der Waals surface area contributed by atoms with E-state index in [2.05, 4.69) is 11.9 Å². The van der Waals surface area contributed by atoms with Crippen molar-refractivity contribution in [1.29, 1.82) is 0 Å². The Morgan fingerprint density at radius 3 is 2.31 bits per heavy atom. The van der Waals surface area contributed by atoms with E-state index in [1.54, 1.807) is 6.07 Å². The van der Waals surface area contributed by atoms with E-state index in [1.807, 2.05) is 50.2 Å². The summed E-state index contributed by atoms with van der Waals surface area (Å²) >= 11 is 0. The second-order valence-electron chi connectivity index (χ2n) is 6.80. The SMILES string of the molecule is C=C(C=O)N1C(=O)c2cccc(-c3ccc(NC(C)=O)cc3)c2C1(C)C. The molecule has 1 N–H and O–H groups in total. The van der Waals surface area contributed by atoms with E-state index in [0.29, 0.717) is 17.5 Å². The highest BCUT2D eigenvalue weighted by molar-refractivity contribution is 6.05. The maximum Gasteiger partial charge on any atom is 0.259 e. The fourth-order valence-corrected chi connectivity index (χ4v) is 3.59. The van der Waals surface area contributed by atoms with Crippen LogP contribution in [0, 0.1) is 0 Å². The normalized spacial score (nSPS) is 14.7. The van der Waals surface area contributed by atoms with Gasteiger partial charge in [0.1, 0.15) is 0 Å². The Hall–Kier alpha value is -3.21. The maximum atomic E-state index is 12.8. The summed E-state index contributed by atoms with van der Waals surface area (Å²) in [6.07, 6.45) is 0.605. The van der Waals surface area contributed by atoms with Crippen molar-refractivity contribution >= 4 is 23.8 Å². The number of hydrogen-bond donors (Lipinski definition) is 1. The quantitative estimate of drug-likeness (QED) is 0.676. The summed E-state index contributed by atoms with van der Waals surface area (Å²) in [4.78, 5) is 36.7. The summed E-state index contributed by atoms with van der Waals surface area (Å²) in [5.74, 6) is -0.355. The molecule has 5 heteroatoms. The van der Waals surface area contributed by atoms with E-state index in [0.717, 1.165) is 16.7 Å². The minimum atomic E-state index is -0.697. The Kier molecular flexibility index (Phi) is 4.24. The van der Waals surface area contributed by atoms with Crippen molar-refractivity contribution in [1.82, 2.24) is 4.90 Å². The number of amides is 2. The molecule has 1 heterocycles. The molecule has 0 saturated carbocycles. The molecule has 0 atom stereocenters. The van der Waals surface area contributed by atoms with Crippen LogP contribution < -0.4 is 5.32 Å². The molecule has 1 aliphatic heterocycles. The zero-order valence-electron chi connectivity index (χ0n) is 15.0. The molecule has 3 rings (SSSR count). The number of carbonyl (C=O) groups excluding carboxylic acids is 3. The summed E-state index contributed by atoms with van der Waals surface area (Å²) in [6, 6.07) is 13.0. The number of allylic oxidation sites excluding steroid dienone is 1. The fourth-order valence-electron chi connectivity index (χ4n) is 3.59. The van der Waals surface area contributed by atoms with Crippen LogP contribution >= 0.6 is 0 Å². The molecule has 2 aromatic rings. The van der Waals surface area contributed by atoms with Crippen LogP contribution in [0.15, 0.2) is 54.7 Å². The summed E-state index contributed by atoms with van der Waals surface area (Å²) in [7, 11) is 0. The molecule has 0 saturated heterocycles. The van der Waals surface area contributed by atoms with Gasteiger partial charge in [0.25, 0.3) is 5.91 Å². The van der Waals surface area contributed by atoms with Crippen molar-refractivity contribution in [2.45, 2.75) is 26.3 Å². The molecule has 1 aliphatic rings. The molecule has 26 heavy (non-hydrogen) atoms. The zero-order chi connectivity index (χ0) is 19.1. The number of aldehydes is 1. The second kappa shape index (κ2) is 6.26. The first-order valence-corrected chi connectivity index (χ1v) is 8.27. The topological polar surface area (TPSA) is 66.5 Å². The lowest BCUT2D eigenvalue weighted by Gasteiger charge is -2.33. The Morgan fingerprint density at radius 1 is 1.12 bits per heavy atom. The first-order chi connectivity index (χ1) is 12.3. The summed E-state index contributed by atoms with van der Waals surface area (Å²) < 4.78 is 0. The van der Waals surface area contributed by atoms with Gasteiger partial charge in [-0.3, -0.25) is 19.3 Å². The average molecular weight is 348 g/mol. The molecule has 5 nitrogen and oxygen atoms in total. The highest BCUT2D eigenvalue weighted by Gasteiger charge is 2.45. The van der Waals surface area contributed by atoms with E-state index in [9.17, 15) is 14.4 Å². The van der Waals surface area contributed by atoms with Gasteiger partial charge in [0.15, 0.2) is 6.29 Å². The predicted molar refractivity (Wildman–Crippen MR) is 101 cm³/mol. The van der Waals surface area contributed by atoms with Crippen LogP contribution in [0.3, 0.4) is 0 Å². The van der Waals surface area contributed by atoms with Gasteiger partial charge >= 0.3 is 0 Å². The monoisotopic (exact) mass is 348 g/mol. The largest absolute Gasteiger partial charge is 0.326 e. The predicted octanol–water partition coefficient (Wildman–Crippen LogP) is 3.72. The van der Waals surface area contributed by atoms with Crippen molar-refractivity contribution < 1.29 is 14.4 Å². The zero-order valence-corrected chi connectivity index (χ0v) is 15.0. The van der Waals surface area contributed by atoms with Gasteiger partial charge < -0.3 is 5.32 Å². The molecule has 2 aromatic carbocycles. The number of hydrogen-bond acceptors (Lipinski definition) is 3. The Morgan fingerprint density at radius 2 is 1.73 bits per heavy atom. The first kappa shape index (κ1) is 17.6. The van der Waals surface area contributed by atoms with Crippen molar-refractivity contribution in [2.24, 2.45) is 0 Å². The molecule has 0 bridgehead atoms. The lowest BCUT2D eigenvalue weighted by atomic mass is 9.86. The third-order valence-corrected chi connectivity index (χ3v) is 4.61. The molecule has 0 spiro atoms. The Balaban J connectivity index is 2.12. The van der Waals surface area contributed by atoms with Crippen LogP contribution in [0.2, 0.25) is 0 Å². The van der Waals surface area contributed by atoms with Gasteiger partial charge in [0.2, 0.25) is 5.91 Å². The number of rotatable bonds is 4. The van der Waals surface area contributed by atoms with Gasteiger partial charge in [0, 0.05) is 18.2 Å². The first-order valence-electron chi connectivity index (χ1n) is 8.27. The third kappa shape index (κ3) is 2.71. The van der Waals surface area contributed by atoms with Crippen LogP contribution in [0.4, 0.5) is 5.69 Å². The number of fused-ring (bicyclic) bond motifs is 1. The number of nitrogens with zero attached hydrogens (tertiary/aromatic N) is 1. The second-order valence-corrected chi connectivity index (χ2v) is 6.80. The molecule has 0 aromatic heterocycles. The number of nitrogens with one attached hydrogen (secondary N) is 1. The highest BCUT2D eigenvalue weighted by Crippen LogP contribution is 2.45. The van der Waals surface area contributed by atoms with E-state index >= 15 is 0 Å². The lowest BCUT2D eigenvalue weighted by Crippen LogP contribution is -2.38. The average Bonchev–Trinajstić information content (AvgIpc) is 2.81. The number of benzene rings is 2. The van der Waals surface area contributed by atoms with Crippen LogP contribution in [0.1, 0.15) is 36.7 Å². The van der Waals surface area contributed by atoms with E-state index < -0.39 is 5.54 Å². The van der Waals surface area contributed by atoms with Crippen molar-refractivity contribution in [3.8, 4) is 11.1 Å². The number of anilines is 1. The molecule has 132 valence electrons. The molecular weight excluding hydrogens is 328 g/mol. The van der Waals surface area contributed by atoms with Gasteiger partial charge in [0.05, 0.1) is 11.2 Å². The molecular formula is C21H20N2O3. The van der Waals surface area contributed by atoms with Gasteiger partial charge in [-0.15, -0.1) is 0 Å². The number of carbonyl (C=O) groups is 3. The Bertz CT molecular complexity index is 927. The maximum absolute atomic E-state index is 12.8. The van der Waals surface area contributed by atoms with Crippen molar-refractivity contribution in [3.05, 3.63) is 65.9 Å². The third-order valence-electron chi connectivity index (χ3n) is 4.61. The van der Waals surface area contributed by atoms with Crippen molar-refractivity contribution in [2.75, 3.05) is 5.32 Å². The minimum absolute atomic E-state index is 0.131. The van der Waals surface area contributed by atoms with Gasteiger partial charge in [-0.05, 0) is 48.7 Å². The minimum Gasteiger partial charge on any atom is -0.326 e.